The maximum absolute atomic E-state index is 15.2. The molecule has 4 aromatic heterocycles. The number of anilines is 1. The Morgan fingerprint density at radius 1 is 0.725 bits per heavy atom. The third kappa shape index (κ3) is 23.1. The number of unbranched alkanes of at least 4 members (excludes halogenated alkanes) is 1. The van der Waals surface area contributed by atoms with Gasteiger partial charge >= 0.3 is 6.09 Å². The predicted octanol–water partition coefficient (Wildman–Crippen LogP) is -8.08. The van der Waals surface area contributed by atoms with Crippen LogP contribution in [-0.2, 0) is 58.9 Å². The average molecular weight is 1480 g/mol. The van der Waals surface area contributed by atoms with Crippen LogP contribution in [0.2, 0.25) is 0 Å². The lowest BCUT2D eigenvalue weighted by Gasteiger charge is -2.47. The minimum atomic E-state index is -2.20. The summed E-state index contributed by atoms with van der Waals surface area (Å²) in [6.45, 7) is 6.56. The van der Waals surface area contributed by atoms with E-state index in [0.717, 1.165) is 31.9 Å². The second-order valence-electron chi connectivity index (χ2n) is 24.1. The number of hydrogen-bond acceptors (Lipinski definition) is 33. The van der Waals surface area contributed by atoms with Crippen LogP contribution in [0.25, 0.3) is 10.7 Å². The van der Waals surface area contributed by atoms with E-state index in [-0.39, 0.29) is 59.9 Å². The number of amides is 9. The summed E-state index contributed by atoms with van der Waals surface area (Å²) < 4.78 is 28.8. The number of carbonyl (C=O) groups is 9. The zero-order chi connectivity index (χ0) is 75.2. The van der Waals surface area contributed by atoms with E-state index in [0.29, 0.717) is 41.8 Å². The van der Waals surface area contributed by atoms with Gasteiger partial charge in [-0.2, -0.15) is 0 Å². The van der Waals surface area contributed by atoms with Gasteiger partial charge in [0.1, 0.15) is 94.6 Å². The highest BCUT2D eigenvalue weighted by atomic mass is 32.1. The Morgan fingerprint density at radius 3 is 2.05 bits per heavy atom. The van der Waals surface area contributed by atoms with Gasteiger partial charge in [0.25, 0.3) is 11.8 Å². The number of hydrogen-bond donors (Lipinski definition) is 22. The highest BCUT2D eigenvalue weighted by Crippen LogP contribution is 2.35. The lowest BCUT2D eigenvalue weighted by atomic mass is 9.96. The predicted molar refractivity (Wildman–Crippen MR) is 355 cm³/mol. The SMILES string of the molecule is CC(=O)NCCCCNCCCNC(=O)c1csc(-c2csc(CCNC(=O)[C@@H](NC(=O)[C@@H](C)C(O)C(C)NC(=O)[C@@H](NC(=O)c3nc([C@H](CC(N)=O)NCC(N)C(N)=O)nc(N)c3C)[C@@H](O[C@@H]3O[C@@H](CO)[C@@H](O)[C@@H](O)[C@@H]3O[C@H]3O[C@H](CO)[C@@H](O)[C@H](OC(N)=O)[C@@H]3O)c3cnc[nH]3)[C@@H](C)O)n2)n1. The normalized spacial score (nSPS) is 23.2. The molecule has 9 amide bonds. The Balaban J connectivity index is 1.20. The molecule has 3 unspecified atom stereocenters. The van der Waals surface area contributed by atoms with Crippen LogP contribution in [-0.4, -0.2) is 274 Å². The zero-order valence-corrected chi connectivity index (χ0v) is 57.8. The molecule has 0 radical (unpaired) electrons. The Kier molecular flexibility index (Phi) is 32.0. The first-order valence-corrected chi connectivity index (χ1v) is 34.0. The van der Waals surface area contributed by atoms with Crippen molar-refractivity contribution in [2.24, 2.45) is 28.9 Å². The first-order chi connectivity index (χ1) is 48.3. The molecule has 27 N–H and O–H groups in total. The fourth-order valence-electron chi connectivity index (χ4n) is 10.4. The summed E-state index contributed by atoms with van der Waals surface area (Å²) in [5.74, 6) is -8.87. The van der Waals surface area contributed by atoms with Crippen molar-refractivity contribution in [1.29, 1.82) is 0 Å². The quantitative estimate of drug-likeness (QED) is 0.0184. The van der Waals surface area contributed by atoms with Gasteiger partial charge in [-0.15, -0.1) is 22.7 Å². The molecule has 2 fully saturated rings. The fraction of sp³-hybridized carbons (Fsp3) is 0.627. The van der Waals surface area contributed by atoms with Crippen molar-refractivity contribution >= 4 is 81.8 Å². The van der Waals surface area contributed by atoms with Crippen LogP contribution < -0.4 is 71.2 Å². The second-order valence-corrected chi connectivity index (χ2v) is 25.9. The highest BCUT2D eigenvalue weighted by molar-refractivity contribution is 7.14. The van der Waals surface area contributed by atoms with Crippen LogP contribution in [0.3, 0.4) is 0 Å². The van der Waals surface area contributed by atoms with E-state index < -0.39 is 183 Å². The third-order valence-electron chi connectivity index (χ3n) is 16.2. The van der Waals surface area contributed by atoms with Gasteiger partial charge in [0, 0.05) is 62.3 Å². The molecule has 2 aliphatic rings. The van der Waals surface area contributed by atoms with Crippen molar-refractivity contribution < 1.29 is 108 Å². The average Bonchev–Trinajstić information content (AvgIpc) is 1.69. The lowest BCUT2D eigenvalue weighted by molar-refractivity contribution is -0.372. The zero-order valence-electron chi connectivity index (χ0n) is 56.2. The van der Waals surface area contributed by atoms with Gasteiger partial charge < -0.3 is 141 Å². The number of nitrogens with one attached hydrogen (secondary N) is 9. The van der Waals surface area contributed by atoms with Gasteiger partial charge in [0.05, 0.1) is 72.7 Å². The molecule has 6 heterocycles. The topological polar surface area (TPSA) is 668 Å². The molecule has 0 saturated carbocycles. The van der Waals surface area contributed by atoms with E-state index >= 15 is 4.79 Å². The largest absolute Gasteiger partial charge is 0.441 e. The molecule has 0 spiro atoms. The summed E-state index contributed by atoms with van der Waals surface area (Å²) in [7, 11) is 0. The molecule has 2 saturated heterocycles. The van der Waals surface area contributed by atoms with Crippen LogP contribution in [0, 0.1) is 12.8 Å². The van der Waals surface area contributed by atoms with Gasteiger partial charge in [-0.05, 0) is 53.1 Å². The summed E-state index contributed by atoms with van der Waals surface area (Å²) in [6.07, 6.45) is -22.8. The van der Waals surface area contributed by atoms with E-state index in [4.69, 9.17) is 52.4 Å². The number of rotatable bonds is 40. The number of imidazole rings is 1. The molecule has 2 aliphatic heterocycles. The van der Waals surface area contributed by atoms with Gasteiger partial charge in [0.15, 0.2) is 18.7 Å². The first-order valence-electron chi connectivity index (χ1n) is 32.3. The number of thiazole rings is 2. The molecule has 19 atom stereocenters. The van der Waals surface area contributed by atoms with Crippen LogP contribution in [0.4, 0.5) is 10.6 Å². The number of aromatic amines is 1. The maximum Gasteiger partial charge on any atom is 0.404 e. The number of nitrogen functional groups attached to an aromatic ring is 1. The number of primary amides is 3. The third-order valence-corrected chi connectivity index (χ3v) is 18.0. The first kappa shape index (κ1) is 82.7. The molecule has 4 aromatic rings. The number of carbonyl (C=O) groups excluding carboxylic acids is 9. The molecular weight excluding hydrogens is 1390 g/mol. The lowest BCUT2D eigenvalue weighted by Crippen LogP contribution is -2.65. The van der Waals surface area contributed by atoms with Crippen LogP contribution in [0.5, 0.6) is 0 Å². The van der Waals surface area contributed by atoms with E-state index in [1.807, 2.05) is 0 Å². The number of aromatic nitrogens is 6. The molecular formula is C59H91N19O22S2. The van der Waals surface area contributed by atoms with Crippen molar-refractivity contribution in [3.05, 3.63) is 56.8 Å². The molecule has 0 aliphatic carbocycles. The van der Waals surface area contributed by atoms with E-state index in [9.17, 15) is 79.2 Å². The Labute approximate surface area is 590 Å². The van der Waals surface area contributed by atoms with E-state index in [1.54, 1.807) is 10.8 Å². The van der Waals surface area contributed by atoms with Gasteiger partial charge in [0.2, 0.25) is 35.4 Å². The molecule has 0 aromatic carbocycles. The number of H-pyrrole nitrogens is 1. The Morgan fingerprint density at radius 2 is 1.40 bits per heavy atom. The summed E-state index contributed by atoms with van der Waals surface area (Å²) in [6, 6.07) is -7.89. The number of nitrogens with two attached hydrogens (primary N) is 5. The molecule has 41 nitrogen and oxygen atoms in total. The smallest absolute Gasteiger partial charge is 0.404 e. The number of ether oxygens (including phenoxy) is 5. The summed E-state index contributed by atoms with van der Waals surface area (Å²) in [5, 5.41) is 114. The van der Waals surface area contributed by atoms with Crippen molar-refractivity contribution in [1.82, 2.24) is 72.4 Å². The number of aliphatic hydroxyl groups excluding tert-OH is 8. The molecule has 566 valence electrons. The van der Waals surface area contributed by atoms with Crippen LogP contribution in [0.1, 0.15) is 109 Å². The van der Waals surface area contributed by atoms with Crippen molar-refractivity contribution in [3.8, 4) is 10.7 Å². The molecule has 43 heteroatoms. The minimum Gasteiger partial charge on any atom is -0.441 e. The van der Waals surface area contributed by atoms with Crippen LogP contribution in [0.15, 0.2) is 23.3 Å². The summed E-state index contributed by atoms with van der Waals surface area (Å²) in [4.78, 5) is 142. The second kappa shape index (κ2) is 39.4. The molecule has 6 rings (SSSR count). The van der Waals surface area contributed by atoms with Gasteiger partial charge in [-0.25, -0.2) is 29.7 Å². The Hall–Kier alpha value is -8.22. The summed E-state index contributed by atoms with van der Waals surface area (Å²) in [5.41, 5.74) is 28.0. The maximum atomic E-state index is 15.2. The van der Waals surface area contributed by atoms with Gasteiger partial charge in [-0.1, -0.05) is 6.92 Å². The Bertz CT molecular complexity index is 3450. The van der Waals surface area contributed by atoms with Crippen molar-refractivity contribution in [3.63, 3.8) is 0 Å². The standard InChI is InChI=1S/C59H91N19O22S2/c1-23-37(75-50(78-48(23)62)29(15-35(61)83)70-16-28(60)49(63)89)54(93)77-39(45(30-17-66-22-71-30)98-58-47(43(87)41(85)33(18-79)97-58)99-57-44(88)46(100-59(64)95)42(86)34(19-80)96-57)55(94)72-25(3)40(84)24(2)51(90)76-38(26(4)81)53(92)69-14-9-36-73-32(21-101-36)56-74-31(20-102-56)52(91)68-13-8-11-65-10-6-7-12-67-27(5)82/h17,20-22,24-26,28-29,33-34,38-47,57-58,65,70,79-81,84-88H,6-16,18-19,60H2,1-5H3,(H2,61,83)(H2,63,89)(H2,64,95)(H,66,71)(H,67,82)(H,68,91)(H,69,92)(H,72,94)(H,76,90)(H,77,93)(H2,62,75,78)/t24-,25?,26+,28?,29-,33-,34+,38-,39-,40?,41+,42+,43+,44-,45-,46-,47-,57+,58-/m0/s1. The van der Waals surface area contributed by atoms with E-state index in [2.05, 4.69) is 72.4 Å². The van der Waals surface area contributed by atoms with Gasteiger partial charge in [-0.3, -0.25) is 38.4 Å². The number of nitrogens with zero attached hydrogens (tertiary/aromatic N) is 5. The van der Waals surface area contributed by atoms with E-state index in [1.165, 1.54) is 57.3 Å². The molecule has 0 bridgehead atoms. The highest BCUT2D eigenvalue weighted by Gasteiger charge is 2.54. The number of aliphatic hydroxyl groups is 8. The van der Waals surface area contributed by atoms with Crippen molar-refractivity contribution in [2.75, 3.05) is 58.2 Å². The molecule has 102 heavy (non-hydrogen) atoms. The summed E-state index contributed by atoms with van der Waals surface area (Å²) >= 11 is 2.48. The minimum absolute atomic E-state index is 0.0238. The monoisotopic (exact) mass is 1480 g/mol. The van der Waals surface area contributed by atoms with Crippen molar-refractivity contribution in [2.45, 2.75) is 177 Å². The van der Waals surface area contributed by atoms with Crippen LogP contribution >= 0.6 is 22.7 Å². The fourth-order valence-corrected chi connectivity index (χ4v) is 12.0.